The zero-order valence-corrected chi connectivity index (χ0v) is 12.6. The second-order valence-corrected chi connectivity index (χ2v) is 6.98. The van der Waals surface area contributed by atoms with E-state index >= 15 is 0 Å². The SMILES string of the molecule is Clc1ccsc1C(Br)C1CCCCCCC1. The summed E-state index contributed by atoms with van der Waals surface area (Å²) in [4.78, 5) is 1.80. The first kappa shape index (κ1) is 12.9. The molecule has 2 rings (SSSR count). The Morgan fingerprint density at radius 3 is 2.38 bits per heavy atom. The monoisotopic (exact) mass is 320 g/mol. The van der Waals surface area contributed by atoms with Crippen LogP contribution in [0.25, 0.3) is 0 Å². The molecule has 0 aromatic carbocycles. The number of halogens is 2. The molecule has 3 heteroatoms. The molecule has 1 aliphatic rings. The van der Waals surface area contributed by atoms with Gasteiger partial charge in [-0.05, 0) is 30.2 Å². The summed E-state index contributed by atoms with van der Waals surface area (Å²) >= 11 is 11.9. The maximum absolute atomic E-state index is 6.21. The Hall–Kier alpha value is 0.470. The highest BCUT2D eigenvalue weighted by molar-refractivity contribution is 9.09. The van der Waals surface area contributed by atoms with Gasteiger partial charge in [0.25, 0.3) is 0 Å². The average molecular weight is 322 g/mol. The largest absolute Gasteiger partial charge is 0.146 e. The smallest absolute Gasteiger partial charge is 0.0556 e. The van der Waals surface area contributed by atoms with Crippen molar-refractivity contribution in [2.24, 2.45) is 5.92 Å². The molecule has 1 heterocycles. The number of thiophene rings is 1. The zero-order chi connectivity index (χ0) is 11.4. The summed E-state index contributed by atoms with van der Waals surface area (Å²) in [6.07, 6.45) is 9.72. The first-order chi connectivity index (χ1) is 7.79. The summed E-state index contributed by atoms with van der Waals surface area (Å²) in [6.45, 7) is 0. The molecule has 1 fully saturated rings. The topological polar surface area (TPSA) is 0 Å². The van der Waals surface area contributed by atoms with E-state index in [4.69, 9.17) is 11.6 Å². The van der Waals surface area contributed by atoms with Crippen LogP contribution in [-0.4, -0.2) is 0 Å². The molecule has 0 N–H and O–H groups in total. The quantitative estimate of drug-likeness (QED) is 0.569. The van der Waals surface area contributed by atoms with Crippen molar-refractivity contribution in [2.45, 2.75) is 49.8 Å². The third-order valence-electron chi connectivity index (χ3n) is 3.46. The van der Waals surface area contributed by atoms with E-state index in [9.17, 15) is 0 Å². The van der Waals surface area contributed by atoms with E-state index in [1.165, 1.54) is 49.8 Å². The van der Waals surface area contributed by atoms with Gasteiger partial charge in [0, 0.05) is 4.88 Å². The van der Waals surface area contributed by atoms with Crippen LogP contribution in [0.3, 0.4) is 0 Å². The van der Waals surface area contributed by atoms with Gasteiger partial charge in [0.05, 0.1) is 9.85 Å². The molecule has 0 saturated heterocycles. The average Bonchev–Trinajstić information content (AvgIpc) is 2.63. The summed E-state index contributed by atoms with van der Waals surface area (Å²) in [6, 6.07) is 2.01. The van der Waals surface area contributed by atoms with Crippen LogP contribution in [0.1, 0.15) is 54.7 Å². The predicted octanol–water partition coefficient (Wildman–Crippen LogP) is 6.20. The third kappa shape index (κ3) is 3.24. The van der Waals surface area contributed by atoms with E-state index < -0.39 is 0 Å². The Kier molecular flexibility index (Phi) is 5.18. The Morgan fingerprint density at radius 2 is 1.81 bits per heavy atom. The van der Waals surface area contributed by atoms with Gasteiger partial charge in [0.15, 0.2) is 0 Å². The van der Waals surface area contributed by atoms with E-state index in [0.29, 0.717) is 4.83 Å². The lowest BCUT2D eigenvalue weighted by Gasteiger charge is -2.24. The van der Waals surface area contributed by atoms with Crippen LogP contribution >= 0.6 is 38.9 Å². The summed E-state index contributed by atoms with van der Waals surface area (Å²) < 4.78 is 0. The van der Waals surface area contributed by atoms with Gasteiger partial charge in [-0.3, -0.25) is 0 Å². The fourth-order valence-corrected chi connectivity index (χ4v) is 4.97. The second-order valence-electron chi connectivity index (χ2n) is 4.64. The maximum Gasteiger partial charge on any atom is 0.0556 e. The number of rotatable bonds is 2. The molecule has 16 heavy (non-hydrogen) atoms. The Bertz CT molecular complexity index is 315. The molecule has 0 radical (unpaired) electrons. The molecule has 0 aliphatic heterocycles. The van der Waals surface area contributed by atoms with Crippen molar-refractivity contribution >= 4 is 38.9 Å². The second kappa shape index (κ2) is 6.42. The molecule has 0 bridgehead atoms. The summed E-state index contributed by atoms with van der Waals surface area (Å²) in [5.74, 6) is 0.774. The lowest BCUT2D eigenvalue weighted by atomic mass is 9.88. The van der Waals surface area contributed by atoms with Crippen LogP contribution in [0.5, 0.6) is 0 Å². The minimum absolute atomic E-state index is 0.470. The highest BCUT2D eigenvalue weighted by Gasteiger charge is 2.23. The molecular formula is C13H18BrClS. The number of alkyl halides is 1. The highest BCUT2D eigenvalue weighted by Crippen LogP contribution is 2.43. The summed E-state index contributed by atoms with van der Waals surface area (Å²) in [5, 5.41) is 3.03. The number of hydrogen-bond acceptors (Lipinski definition) is 1. The van der Waals surface area contributed by atoms with Gasteiger partial charge in [-0.15, -0.1) is 11.3 Å². The molecule has 0 nitrogen and oxygen atoms in total. The molecule has 1 saturated carbocycles. The van der Waals surface area contributed by atoms with Crippen LogP contribution in [0, 0.1) is 5.92 Å². The maximum atomic E-state index is 6.21. The molecule has 1 atom stereocenters. The van der Waals surface area contributed by atoms with Crippen molar-refractivity contribution in [1.82, 2.24) is 0 Å². The van der Waals surface area contributed by atoms with E-state index in [1.807, 2.05) is 6.07 Å². The molecule has 0 amide bonds. The van der Waals surface area contributed by atoms with Crippen molar-refractivity contribution < 1.29 is 0 Å². The van der Waals surface area contributed by atoms with Gasteiger partial charge < -0.3 is 0 Å². The van der Waals surface area contributed by atoms with Gasteiger partial charge in [-0.2, -0.15) is 0 Å². The summed E-state index contributed by atoms with van der Waals surface area (Å²) in [5.41, 5.74) is 0. The van der Waals surface area contributed by atoms with Gasteiger partial charge in [-0.1, -0.05) is 59.6 Å². The van der Waals surface area contributed by atoms with Crippen molar-refractivity contribution in [3.8, 4) is 0 Å². The summed E-state index contributed by atoms with van der Waals surface area (Å²) in [7, 11) is 0. The molecule has 1 aromatic rings. The minimum Gasteiger partial charge on any atom is -0.146 e. The first-order valence-corrected chi connectivity index (χ1v) is 8.33. The fraction of sp³-hybridized carbons (Fsp3) is 0.692. The molecule has 0 spiro atoms. The Morgan fingerprint density at radius 1 is 1.19 bits per heavy atom. The molecule has 1 unspecified atom stereocenters. The third-order valence-corrected chi connectivity index (χ3v) is 6.41. The van der Waals surface area contributed by atoms with Gasteiger partial charge in [0.1, 0.15) is 0 Å². The van der Waals surface area contributed by atoms with Crippen LogP contribution in [-0.2, 0) is 0 Å². The predicted molar refractivity (Wildman–Crippen MR) is 76.8 cm³/mol. The minimum atomic E-state index is 0.470. The van der Waals surface area contributed by atoms with Gasteiger partial charge >= 0.3 is 0 Å². The van der Waals surface area contributed by atoms with E-state index in [1.54, 1.807) is 11.3 Å². The molecule has 1 aliphatic carbocycles. The molecular weight excluding hydrogens is 304 g/mol. The van der Waals surface area contributed by atoms with E-state index in [0.717, 1.165) is 10.9 Å². The lowest BCUT2D eigenvalue weighted by Crippen LogP contribution is -2.09. The Labute approximate surface area is 116 Å². The van der Waals surface area contributed by atoms with Crippen molar-refractivity contribution in [1.29, 1.82) is 0 Å². The fourth-order valence-electron chi connectivity index (χ4n) is 2.50. The Balaban J connectivity index is 2.02. The van der Waals surface area contributed by atoms with Gasteiger partial charge in [-0.25, -0.2) is 0 Å². The zero-order valence-electron chi connectivity index (χ0n) is 9.42. The van der Waals surface area contributed by atoms with E-state index in [2.05, 4.69) is 21.3 Å². The highest BCUT2D eigenvalue weighted by atomic mass is 79.9. The molecule has 1 aromatic heterocycles. The van der Waals surface area contributed by atoms with Crippen molar-refractivity contribution in [3.05, 3.63) is 21.3 Å². The van der Waals surface area contributed by atoms with E-state index in [-0.39, 0.29) is 0 Å². The van der Waals surface area contributed by atoms with Gasteiger partial charge in [0.2, 0.25) is 0 Å². The van der Waals surface area contributed by atoms with Crippen LogP contribution < -0.4 is 0 Å². The first-order valence-electron chi connectivity index (χ1n) is 6.16. The standard InChI is InChI=1S/C13H18BrClS/c14-12(13-11(15)8-9-16-13)10-6-4-2-1-3-5-7-10/h8-10,12H,1-7H2. The normalized spacial score (nSPS) is 21.4. The van der Waals surface area contributed by atoms with Crippen molar-refractivity contribution in [3.63, 3.8) is 0 Å². The molecule has 90 valence electrons. The van der Waals surface area contributed by atoms with Crippen molar-refractivity contribution in [2.75, 3.05) is 0 Å². The number of hydrogen-bond donors (Lipinski definition) is 0. The van der Waals surface area contributed by atoms with Crippen LogP contribution in [0.4, 0.5) is 0 Å². The van der Waals surface area contributed by atoms with Crippen LogP contribution in [0.2, 0.25) is 5.02 Å². The van der Waals surface area contributed by atoms with Crippen LogP contribution in [0.15, 0.2) is 11.4 Å². The lowest BCUT2D eigenvalue weighted by molar-refractivity contribution is 0.376.